The van der Waals surface area contributed by atoms with Crippen LogP contribution in [0.1, 0.15) is 28.4 Å². The van der Waals surface area contributed by atoms with Crippen LogP contribution in [0.5, 0.6) is 5.75 Å². The van der Waals surface area contributed by atoms with Crippen molar-refractivity contribution in [1.29, 1.82) is 0 Å². The summed E-state index contributed by atoms with van der Waals surface area (Å²) in [5, 5.41) is 3.36. The van der Waals surface area contributed by atoms with E-state index in [-0.39, 0.29) is 18.3 Å². The first-order valence-corrected chi connectivity index (χ1v) is 8.44. The second kappa shape index (κ2) is 8.88. The second-order valence-electron chi connectivity index (χ2n) is 6.32. The Balaban J connectivity index is 0.00000225. The van der Waals surface area contributed by atoms with Gasteiger partial charge in [-0.1, -0.05) is 36.4 Å². The highest BCUT2D eigenvalue weighted by molar-refractivity contribution is 5.97. The van der Waals surface area contributed by atoms with Crippen molar-refractivity contribution < 1.29 is 9.53 Å². The van der Waals surface area contributed by atoms with E-state index in [1.807, 2.05) is 41.3 Å². The van der Waals surface area contributed by atoms with Gasteiger partial charge in [0.15, 0.2) is 0 Å². The Morgan fingerprint density at radius 3 is 2.68 bits per heavy atom. The average molecular weight is 361 g/mol. The first kappa shape index (κ1) is 19.3. The van der Waals surface area contributed by atoms with Crippen molar-refractivity contribution in [3.05, 3.63) is 65.2 Å². The molecule has 25 heavy (non-hydrogen) atoms. The summed E-state index contributed by atoms with van der Waals surface area (Å²) in [5.41, 5.74) is 2.97. The fourth-order valence-corrected chi connectivity index (χ4v) is 2.98. The van der Waals surface area contributed by atoms with Gasteiger partial charge in [-0.2, -0.15) is 0 Å². The summed E-state index contributed by atoms with van der Waals surface area (Å²) in [4.78, 5) is 14.8. The number of hydrogen-bond acceptors (Lipinski definition) is 3. The lowest BCUT2D eigenvalue weighted by molar-refractivity contribution is 0.0704. The van der Waals surface area contributed by atoms with Gasteiger partial charge in [0.2, 0.25) is 0 Å². The molecule has 0 radical (unpaired) electrons. The number of nitrogens with zero attached hydrogens (tertiary/aromatic N) is 1. The number of amides is 1. The molecule has 2 aromatic rings. The lowest BCUT2D eigenvalue weighted by atomic mass is 10.1. The van der Waals surface area contributed by atoms with Crippen molar-refractivity contribution >= 4 is 18.3 Å². The number of aryl methyl sites for hydroxylation is 1. The van der Waals surface area contributed by atoms with Crippen molar-refractivity contribution in [3.63, 3.8) is 0 Å². The minimum absolute atomic E-state index is 0. The number of carbonyl (C=O) groups is 1. The number of nitrogens with one attached hydrogen (secondary N) is 1. The summed E-state index contributed by atoms with van der Waals surface area (Å²) in [6.45, 7) is 6.92. The predicted octanol–water partition coefficient (Wildman–Crippen LogP) is 3.43. The normalized spacial score (nSPS) is 16.9. The molecule has 4 nitrogen and oxygen atoms in total. The Morgan fingerprint density at radius 2 is 1.92 bits per heavy atom. The molecular formula is C20H25ClN2O2. The maximum atomic E-state index is 12.9. The molecule has 0 saturated carbocycles. The van der Waals surface area contributed by atoms with Crippen molar-refractivity contribution in [3.8, 4) is 5.75 Å². The molecule has 1 heterocycles. The Kier molecular flexibility index (Phi) is 6.85. The molecule has 0 aliphatic carbocycles. The Morgan fingerprint density at radius 1 is 1.20 bits per heavy atom. The number of benzene rings is 2. The van der Waals surface area contributed by atoms with Crippen LogP contribution in [-0.4, -0.2) is 36.5 Å². The molecule has 134 valence electrons. The molecule has 0 bridgehead atoms. The first-order chi connectivity index (χ1) is 11.6. The molecule has 5 heteroatoms. The van der Waals surface area contributed by atoms with E-state index >= 15 is 0 Å². The van der Waals surface area contributed by atoms with E-state index in [0.717, 1.165) is 25.2 Å². The van der Waals surface area contributed by atoms with Gasteiger partial charge in [-0.25, -0.2) is 0 Å². The van der Waals surface area contributed by atoms with Crippen LogP contribution in [0, 0.1) is 6.92 Å². The van der Waals surface area contributed by atoms with Crippen LogP contribution in [0.4, 0.5) is 0 Å². The van der Waals surface area contributed by atoms with Gasteiger partial charge in [-0.15, -0.1) is 12.4 Å². The number of piperazine rings is 1. The van der Waals surface area contributed by atoms with Gasteiger partial charge in [0.25, 0.3) is 5.91 Å². The van der Waals surface area contributed by atoms with Crippen LogP contribution in [-0.2, 0) is 6.61 Å². The largest absolute Gasteiger partial charge is 0.488 e. The molecule has 1 amide bonds. The minimum atomic E-state index is 0. The van der Waals surface area contributed by atoms with E-state index in [2.05, 4.69) is 31.3 Å². The Labute approximate surface area is 155 Å². The molecule has 1 fully saturated rings. The standard InChI is InChI=1S/C20H24N2O2.ClH/c1-15-7-3-4-8-17(15)14-24-19-10-6-5-9-18(19)20(23)22-12-11-21-16(2)13-22;/h3-10,16,21H,11-14H2,1-2H3;1H. The first-order valence-electron chi connectivity index (χ1n) is 8.44. The highest BCUT2D eigenvalue weighted by Gasteiger charge is 2.23. The van der Waals surface area contributed by atoms with Crippen LogP contribution in [0.2, 0.25) is 0 Å². The number of halogens is 1. The second-order valence-corrected chi connectivity index (χ2v) is 6.32. The van der Waals surface area contributed by atoms with E-state index in [4.69, 9.17) is 4.74 Å². The number of ether oxygens (including phenoxy) is 1. The molecule has 1 atom stereocenters. The van der Waals surface area contributed by atoms with Crippen LogP contribution in [0.3, 0.4) is 0 Å². The van der Waals surface area contributed by atoms with E-state index in [1.54, 1.807) is 0 Å². The van der Waals surface area contributed by atoms with Gasteiger partial charge >= 0.3 is 0 Å². The Hall–Kier alpha value is -2.04. The highest BCUT2D eigenvalue weighted by atomic mass is 35.5. The van der Waals surface area contributed by atoms with Crippen molar-refractivity contribution in [2.24, 2.45) is 0 Å². The zero-order valence-electron chi connectivity index (χ0n) is 14.7. The topological polar surface area (TPSA) is 41.6 Å². The van der Waals surface area contributed by atoms with Gasteiger partial charge in [0.05, 0.1) is 5.56 Å². The number of para-hydroxylation sites is 1. The molecule has 1 saturated heterocycles. The third-order valence-electron chi connectivity index (χ3n) is 4.42. The maximum Gasteiger partial charge on any atom is 0.257 e. The predicted molar refractivity (Wildman–Crippen MR) is 103 cm³/mol. The third kappa shape index (κ3) is 4.74. The summed E-state index contributed by atoms with van der Waals surface area (Å²) < 4.78 is 5.98. The molecule has 0 aromatic heterocycles. The molecule has 2 aromatic carbocycles. The number of rotatable bonds is 4. The van der Waals surface area contributed by atoms with Crippen LogP contribution in [0.15, 0.2) is 48.5 Å². The number of hydrogen-bond donors (Lipinski definition) is 1. The lowest BCUT2D eigenvalue weighted by Crippen LogP contribution is -2.51. The van der Waals surface area contributed by atoms with Crippen LogP contribution < -0.4 is 10.1 Å². The average Bonchev–Trinajstić information content (AvgIpc) is 2.61. The van der Waals surface area contributed by atoms with E-state index in [0.29, 0.717) is 24.0 Å². The maximum absolute atomic E-state index is 12.9. The smallest absolute Gasteiger partial charge is 0.257 e. The SMILES string of the molecule is Cc1ccccc1COc1ccccc1C(=O)N1CCNC(C)C1.Cl. The molecule has 0 spiro atoms. The van der Waals surface area contributed by atoms with E-state index < -0.39 is 0 Å². The third-order valence-corrected chi connectivity index (χ3v) is 4.42. The van der Waals surface area contributed by atoms with Gasteiger partial charge in [0, 0.05) is 25.7 Å². The van der Waals surface area contributed by atoms with Gasteiger partial charge in [-0.3, -0.25) is 4.79 Å². The molecule has 1 N–H and O–H groups in total. The molecular weight excluding hydrogens is 336 g/mol. The minimum Gasteiger partial charge on any atom is -0.488 e. The monoisotopic (exact) mass is 360 g/mol. The lowest BCUT2D eigenvalue weighted by Gasteiger charge is -2.32. The summed E-state index contributed by atoms with van der Waals surface area (Å²) >= 11 is 0. The molecule has 3 rings (SSSR count). The van der Waals surface area contributed by atoms with E-state index in [1.165, 1.54) is 5.56 Å². The molecule has 1 unspecified atom stereocenters. The van der Waals surface area contributed by atoms with Crippen molar-refractivity contribution in [2.75, 3.05) is 19.6 Å². The summed E-state index contributed by atoms with van der Waals surface area (Å²) in [5.74, 6) is 0.695. The quantitative estimate of drug-likeness (QED) is 0.908. The van der Waals surface area contributed by atoms with Crippen LogP contribution >= 0.6 is 12.4 Å². The Bertz CT molecular complexity index is 720. The van der Waals surface area contributed by atoms with E-state index in [9.17, 15) is 4.79 Å². The summed E-state index contributed by atoms with van der Waals surface area (Å²) in [6, 6.07) is 16.0. The fraction of sp³-hybridized carbons (Fsp3) is 0.350. The highest BCUT2D eigenvalue weighted by Crippen LogP contribution is 2.22. The van der Waals surface area contributed by atoms with Gasteiger partial charge in [-0.05, 0) is 37.1 Å². The zero-order chi connectivity index (χ0) is 16.9. The van der Waals surface area contributed by atoms with Gasteiger partial charge < -0.3 is 15.0 Å². The van der Waals surface area contributed by atoms with Gasteiger partial charge in [0.1, 0.15) is 12.4 Å². The zero-order valence-corrected chi connectivity index (χ0v) is 15.5. The summed E-state index contributed by atoms with van der Waals surface area (Å²) in [7, 11) is 0. The van der Waals surface area contributed by atoms with Crippen molar-refractivity contribution in [1.82, 2.24) is 10.2 Å². The molecule has 1 aliphatic rings. The fourth-order valence-electron chi connectivity index (χ4n) is 2.98. The number of carbonyl (C=O) groups excluding carboxylic acids is 1. The molecule has 1 aliphatic heterocycles. The summed E-state index contributed by atoms with van der Waals surface area (Å²) in [6.07, 6.45) is 0. The van der Waals surface area contributed by atoms with Crippen molar-refractivity contribution in [2.45, 2.75) is 26.5 Å². The van der Waals surface area contributed by atoms with Crippen LogP contribution in [0.25, 0.3) is 0 Å².